The Morgan fingerprint density at radius 2 is 1.90 bits per heavy atom. The number of aromatic nitrogens is 1. The number of aliphatic hydroxyl groups is 1. The van der Waals surface area contributed by atoms with Crippen LogP contribution < -0.4 is 5.32 Å². The lowest BCUT2D eigenvalue weighted by molar-refractivity contribution is 0.0949. The molecule has 0 unspecified atom stereocenters. The van der Waals surface area contributed by atoms with E-state index in [9.17, 15) is 4.79 Å². The highest BCUT2D eigenvalue weighted by Crippen LogP contribution is 2.05. The monoisotopic (exact) mass is 269 g/mol. The topological polar surface area (TPSA) is 88.9 Å². The summed E-state index contributed by atoms with van der Waals surface area (Å²) in [5.41, 5.74) is 2.71. The molecule has 20 heavy (non-hydrogen) atoms. The second kappa shape index (κ2) is 6.55. The lowest BCUT2D eigenvalue weighted by Gasteiger charge is -2.05. The second-order valence-corrected chi connectivity index (χ2v) is 4.38. The molecule has 0 saturated heterocycles. The molecule has 5 heteroatoms. The Hall–Kier alpha value is -2.58. The molecule has 0 aliphatic rings. The summed E-state index contributed by atoms with van der Waals surface area (Å²) in [7, 11) is 0. The molecule has 0 atom stereocenters. The van der Waals surface area contributed by atoms with Crippen LogP contribution in [-0.4, -0.2) is 22.5 Å². The van der Waals surface area contributed by atoms with Gasteiger partial charge in [0, 0.05) is 6.54 Å². The number of amides is 1. The maximum Gasteiger partial charge on any atom is 0.267 e. The maximum atomic E-state index is 11.8. The fourth-order valence-corrected chi connectivity index (χ4v) is 1.82. The normalized spacial score (nSPS) is 10.0. The Morgan fingerprint density at radius 3 is 2.50 bits per heavy atom. The van der Waals surface area contributed by atoms with Crippen LogP contribution in [0.3, 0.4) is 0 Å². The van der Waals surface area contributed by atoms with Crippen LogP contribution in [0.25, 0.3) is 0 Å². The molecule has 0 radical (unpaired) electrons. The van der Waals surface area contributed by atoms with E-state index in [0.717, 1.165) is 11.1 Å². The number of nitrogens with one attached hydrogen (secondary N) is 2. The fourth-order valence-electron chi connectivity index (χ4n) is 1.82. The van der Waals surface area contributed by atoms with Gasteiger partial charge in [0.1, 0.15) is 17.5 Å². The number of hydrogen-bond acceptors (Lipinski definition) is 3. The van der Waals surface area contributed by atoms with Crippen LogP contribution in [0.2, 0.25) is 0 Å². The van der Waals surface area contributed by atoms with Crippen molar-refractivity contribution in [1.82, 2.24) is 10.3 Å². The number of aliphatic hydroxyl groups excluding tert-OH is 1. The molecule has 0 saturated carbocycles. The van der Waals surface area contributed by atoms with Crippen molar-refractivity contribution in [1.29, 1.82) is 5.26 Å². The molecule has 0 spiro atoms. The van der Waals surface area contributed by atoms with Gasteiger partial charge in [0.05, 0.1) is 6.61 Å². The van der Waals surface area contributed by atoms with E-state index in [4.69, 9.17) is 10.4 Å². The molecule has 0 fully saturated rings. The van der Waals surface area contributed by atoms with Crippen LogP contribution in [-0.2, 0) is 13.0 Å². The summed E-state index contributed by atoms with van der Waals surface area (Å²) >= 11 is 0. The van der Waals surface area contributed by atoms with E-state index in [1.165, 1.54) is 0 Å². The molecule has 0 aliphatic heterocycles. The highest BCUT2D eigenvalue weighted by molar-refractivity contribution is 5.92. The first-order valence-corrected chi connectivity index (χ1v) is 6.29. The van der Waals surface area contributed by atoms with Gasteiger partial charge in [-0.2, -0.15) is 5.26 Å². The number of carbonyl (C=O) groups is 1. The molecule has 0 aliphatic carbocycles. The standard InChI is InChI=1S/C15H15N3O2/c16-9-13-5-6-14(18-13)15(20)17-8-7-11-1-3-12(10-19)4-2-11/h1-6,18-19H,7-8,10H2,(H,17,20). The predicted octanol–water partition coefficient (Wildman–Crippen LogP) is 1.35. The van der Waals surface area contributed by atoms with Gasteiger partial charge >= 0.3 is 0 Å². The quantitative estimate of drug-likeness (QED) is 0.765. The number of benzene rings is 1. The van der Waals surface area contributed by atoms with Crippen LogP contribution in [0.15, 0.2) is 36.4 Å². The Bertz CT molecular complexity index is 623. The average molecular weight is 269 g/mol. The second-order valence-electron chi connectivity index (χ2n) is 4.38. The molecule has 3 N–H and O–H groups in total. The molecule has 102 valence electrons. The lowest BCUT2D eigenvalue weighted by atomic mass is 10.1. The lowest BCUT2D eigenvalue weighted by Crippen LogP contribution is -2.26. The van der Waals surface area contributed by atoms with Crippen molar-refractivity contribution >= 4 is 5.91 Å². The van der Waals surface area contributed by atoms with E-state index < -0.39 is 0 Å². The molecule has 1 amide bonds. The third kappa shape index (κ3) is 3.46. The summed E-state index contributed by atoms with van der Waals surface area (Å²) in [4.78, 5) is 14.5. The van der Waals surface area contributed by atoms with Gasteiger partial charge in [0.2, 0.25) is 0 Å². The summed E-state index contributed by atoms with van der Waals surface area (Å²) in [5, 5.41) is 20.4. The minimum absolute atomic E-state index is 0.0328. The number of hydrogen-bond donors (Lipinski definition) is 3. The molecule has 5 nitrogen and oxygen atoms in total. The summed E-state index contributed by atoms with van der Waals surface area (Å²) < 4.78 is 0. The van der Waals surface area contributed by atoms with Gasteiger partial charge in [0.15, 0.2) is 0 Å². The Labute approximate surface area is 116 Å². The summed E-state index contributed by atoms with van der Waals surface area (Å²) in [6.45, 7) is 0.545. The third-order valence-electron chi connectivity index (χ3n) is 2.96. The van der Waals surface area contributed by atoms with Crippen LogP contribution in [0.1, 0.15) is 27.3 Å². The minimum atomic E-state index is -0.224. The van der Waals surface area contributed by atoms with Crippen LogP contribution >= 0.6 is 0 Å². The van der Waals surface area contributed by atoms with Gasteiger partial charge in [-0.3, -0.25) is 4.79 Å². The smallest absolute Gasteiger partial charge is 0.267 e. The zero-order valence-electron chi connectivity index (χ0n) is 10.9. The summed E-state index contributed by atoms with van der Waals surface area (Å²) in [6.07, 6.45) is 0.712. The van der Waals surface area contributed by atoms with Gasteiger partial charge in [-0.1, -0.05) is 24.3 Å². The van der Waals surface area contributed by atoms with Crippen molar-refractivity contribution in [2.75, 3.05) is 6.54 Å². The molecule has 0 bridgehead atoms. The van der Waals surface area contributed by atoms with Crippen molar-refractivity contribution < 1.29 is 9.90 Å². The largest absolute Gasteiger partial charge is 0.392 e. The SMILES string of the molecule is N#Cc1ccc(C(=O)NCCc2ccc(CO)cc2)[nH]1. The molecule has 1 heterocycles. The Morgan fingerprint density at radius 1 is 1.20 bits per heavy atom. The van der Waals surface area contributed by atoms with Gasteiger partial charge in [-0.05, 0) is 29.7 Å². The number of nitriles is 1. The maximum absolute atomic E-state index is 11.8. The van der Waals surface area contributed by atoms with Crippen molar-refractivity contribution in [3.63, 3.8) is 0 Å². The van der Waals surface area contributed by atoms with E-state index in [2.05, 4.69) is 10.3 Å². The fraction of sp³-hybridized carbons (Fsp3) is 0.200. The number of carbonyl (C=O) groups excluding carboxylic acids is 1. The molecule has 2 rings (SSSR count). The van der Waals surface area contributed by atoms with Gasteiger partial charge in [-0.15, -0.1) is 0 Å². The van der Waals surface area contributed by atoms with Crippen molar-refractivity contribution in [2.24, 2.45) is 0 Å². The Balaban J connectivity index is 1.83. The van der Waals surface area contributed by atoms with E-state index >= 15 is 0 Å². The molecule has 1 aromatic carbocycles. The summed E-state index contributed by atoms with van der Waals surface area (Å²) in [6, 6.07) is 12.7. The zero-order valence-corrected chi connectivity index (χ0v) is 10.9. The third-order valence-corrected chi connectivity index (χ3v) is 2.96. The van der Waals surface area contributed by atoms with E-state index in [1.807, 2.05) is 30.3 Å². The van der Waals surface area contributed by atoms with Crippen LogP contribution in [0.5, 0.6) is 0 Å². The molecular weight excluding hydrogens is 254 g/mol. The molecular formula is C15H15N3O2. The summed E-state index contributed by atoms with van der Waals surface area (Å²) in [5.74, 6) is -0.224. The highest BCUT2D eigenvalue weighted by atomic mass is 16.3. The van der Waals surface area contributed by atoms with E-state index in [-0.39, 0.29) is 12.5 Å². The van der Waals surface area contributed by atoms with Gasteiger partial charge in [-0.25, -0.2) is 0 Å². The first-order chi connectivity index (χ1) is 9.72. The zero-order chi connectivity index (χ0) is 14.4. The van der Waals surface area contributed by atoms with Crippen LogP contribution in [0, 0.1) is 11.3 Å². The number of rotatable bonds is 5. The van der Waals surface area contributed by atoms with E-state index in [1.54, 1.807) is 12.1 Å². The minimum Gasteiger partial charge on any atom is -0.392 e. The van der Waals surface area contributed by atoms with Gasteiger partial charge < -0.3 is 15.4 Å². The number of H-pyrrole nitrogens is 1. The first kappa shape index (κ1) is 13.8. The highest BCUT2D eigenvalue weighted by Gasteiger charge is 2.07. The van der Waals surface area contributed by atoms with Crippen molar-refractivity contribution in [3.8, 4) is 6.07 Å². The van der Waals surface area contributed by atoms with E-state index in [0.29, 0.717) is 24.4 Å². The Kier molecular flexibility index (Phi) is 4.53. The van der Waals surface area contributed by atoms with Gasteiger partial charge in [0.25, 0.3) is 5.91 Å². The molecule has 1 aromatic heterocycles. The van der Waals surface area contributed by atoms with Crippen molar-refractivity contribution in [2.45, 2.75) is 13.0 Å². The average Bonchev–Trinajstić information content (AvgIpc) is 2.97. The first-order valence-electron chi connectivity index (χ1n) is 6.29. The number of aromatic amines is 1. The van der Waals surface area contributed by atoms with Crippen LogP contribution in [0.4, 0.5) is 0 Å². The molecule has 2 aromatic rings. The predicted molar refractivity (Wildman–Crippen MR) is 73.9 cm³/mol. The number of nitrogens with zero attached hydrogens (tertiary/aromatic N) is 1. The van der Waals surface area contributed by atoms with Crippen molar-refractivity contribution in [3.05, 3.63) is 58.9 Å².